The molecule has 0 aromatic heterocycles. The third kappa shape index (κ3) is 5.85. The van der Waals surface area contributed by atoms with Crippen molar-refractivity contribution in [1.82, 2.24) is 0 Å². The van der Waals surface area contributed by atoms with Crippen LogP contribution in [-0.4, -0.2) is 5.97 Å². The van der Waals surface area contributed by atoms with E-state index in [0.717, 1.165) is 16.7 Å². The Morgan fingerprint density at radius 3 is 1.36 bits per heavy atom. The van der Waals surface area contributed by atoms with Gasteiger partial charge in [-0.25, -0.2) is 9.90 Å². The number of benzene rings is 3. The van der Waals surface area contributed by atoms with Crippen LogP contribution in [0.3, 0.4) is 0 Å². The molecule has 0 saturated heterocycles. The van der Waals surface area contributed by atoms with Gasteiger partial charge in [-0.1, -0.05) is 78.4 Å². The molecular formula is C22H24O2P. The Balaban J connectivity index is 0.000000240. The lowest BCUT2D eigenvalue weighted by Crippen LogP contribution is -2.01. The van der Waals surface area contributed by atoms with Crippen molar-refractivity contribution in [2.24, 2.45) is 0 Å². The van der Waals surface area contributed by atoms with Gasteiger partial charge in [0.05, 0.1) is 5.56 Å². The molecule has 3 heteroatoms. The molecule has 0 aliphatic carbocycles. The number of aryl methyl sites for hydroxylation is 3. The number of carbonyl (C=O) groups excluding carboxylic acids is 1. The summed E-state index contributed by atoms with van der Waals surface area (Å²) in [5, 5.41) is 10.6. The van der Waals surface area contributed by atoms with E-state index in [4.69, 9.17) is 0 Å². The SMILES string of the molecule is Cc1cc(C)c(C([O])=O)c(C)c1.P.c1ccc(-c2ccccc2)cc1. The van der Waals surface area contributed by atoms with Gasteiger partial charge in [-0.05, 0) is 43.0 Å². The molecule has 1 unspecified atom stereocenters. The van der Waals surface area contributed by atoms with Crippen molar-refractivity contribution in [2.75, 3.05) is 0 Å². The van der Waals surface area contributed by atoms with Crippen LogP contribution >= 0.6 is 9.90 Å². The Kier molecular flexibility index (Phi) is 8.04. The van der Waals surface area contributed by atoms with E-state index in [9.17, 15) is 9.90 Å². The summed E-state index contributed by atoms with van der Waals surface area (Å²) >= 11 is 0. The van der Waals surface area contributed by atoms with Crippen LogP contribution in [0.4, 0.5) is 0 Å². The van der Waals surface area contributed by atoms with Crippen LogP contribution in [-0.2, 0) is 5.11 Å². The van der Waals surface area contributed by atoms with Crippen molar-refractivity contribution in [1.29, 1.82) is 0 Å². The molecule has 0 saturated carbocycles. The smallest absolute Gasteiger partial charge is 0.241 e. The molecule has 3 rings (SSSR count). The van der Waals surface area contributed by atoms with Gasteiger partial charge in [0.1, 0.15) is 0 Å². The highest BCUT2D eigenvalue weighted by Crippen LogP contribution is 2.17. The summed E-state index contributed by atoms with van der Waals surface area (Å²) in [4.78, 5) is 10.6. The summed E-state index contributed by atoms with van der Waals surface area (Å²) in [5.41, 5.74) is 5.49. The van der Waals surface area contributed by atoms with Crippen molar-refractivity contribution < 1.29 is 9.90 Å². The summed E-state index contributed by atoms with van der Waals surface area (Å²) in [7, 11) is 0. The topological polar surface area (TPSA) is 37.0 Å². The van der Waals surface area contributed by atoms with Gasteiger partial charge in [-0.2, -0.15) is 9.90 Å². The van der Waals surface area contributed by atoms with Crippen molar-refractivity contribution in [3.63, 3.8) is 0 Å². The van der Waals surface area contributed by atoms with Crippen molar-refractivity contribution in [3.05, 3.63) is 95.1 Å². The van der Waals surface area contributed by atoms with Gasteiger partial charge >= 0.3 is 5.97 Å². The third-order valence-electron chi connectivity index (χ3n) is 3.76. The largest absolute Gasteiger partial charge is 0.386 e. The van der Waals surface area contributed by atoms with Crippen LogP contribution in [0.2, 0.25) is 0 Å². The minimum atomic E-state index is -1.09. The first-order valence-electron chi connectivity index (χ1n) is 7.88. The molecule has 0 heterocycles. The highest BCUT2D eigenvalue weighted by atomic mass is 31.0. The fraction of sp³-hybridized carbons (Fsp3) is 0.136. The first kappa shape index (κ1) is 20.6. The minimum Gasteiger partial charge on any atom is -0.241 e. The normalized spacial score (nSPS) is 9.40. The molecule has 1 atom stereocenters. The molecule has 129 valence electrons. The van der Waals surface area contributed by atoms with E-state index >= 15 is 0 Å². The minimum absolute atomic E-state index is 0. The van der Waals surface area contributed by atoms with Gasteiger partial charge in [0.25, 0.3) is 0 Å². The first-order chi connectivity index (χ1) is 11.5. The molecule has 0 spiro atoms. The summed E-state index contributed by atoms with van der Waals surface area (Å²) < 4.78 is 0. The van der Waals surface area contributed by atoms with Crippen LogP contribution < -0.4 is 0 Å². The van der Waals surface area contributed by atoms with Crippen LogP contribution in [0.15, 0.2) is 72.8 Å². The van der Waals surface area contributed by atoms with E-state index in [1.54, 1.807) is 13.8 Å². The standard InChI is InChI=1S/C12H10.C10H11O2.H3P/c1-3-7-11(8-4-1)12-9-5-2-6-10-12;1-6-4-7(2)9(10(11)12)8(3)5-6;/h1-10H;4-5H,1-3H3;1H3. The van der Waals surface area contributed by atoms with E-state index in [2.05, 4.69) is 48.5 Å². The van der Waals surface area contributed by atoms with Crippen LogP contribution in [0.1, 0.15) is 27.0 Å². The van der Waals surface area contributed by atoms with Crippen molar-refractivity contribution in [2.45, 2.75) is 20.8 Å². The van der Waals surface area contributed by atoms with Crippen LogP contribution in [0, 0.1) is 20.8 Å². The van der Waals surface area contributed by atoms with Crippen molar-refractivity contribution in [3.8, 4) is 11.1 Å². The second-order valence-corrected chi connectivity index (χ2v) is 5.79. The molecular weight excluding hydrogens is 327 g/mol. The van der Waals surface area contributed by atoms with Gasteiger partial charge in [-0.3, -0.25) is 0 Å². The summed E-state index contributed by atoms with van der Waals surface area (Å²) in [6, 6.07) is 24.5. The maximum absolute atomic E-state index is 10.6. The highest BCUT2D eigenvalue weighted by molar-refractivity contribution is 6.92. The molecule has 1 radical (unpaired) electrons. The molecule has 0 N–H and O–H groups in total. The van der Waals surface area contributed by atoms with E-state index in [-0.39, 0.29) is 9.90 Å². The first-order valence-corrected chi connectivity index (χ1v) is 7.88. The Morgan fingerprint density at radius 2 is 1.04 bits per heavy atom. The van der Waals surface area contributed by atoms with E-state index in [1.165, 1.54) is 11.1 Å². The zero-order valence-electron chi connectivity index (χ0n) is 15.0. The lowest BCUT2D eigenvalue weighted by molar-refractivity contribution is 0.0571. The highest BCUT2D eigenvalue weighted by Gasteiger charge is 2.12. The maximum atomic E-state index is 10.6. The van der Waals surface area contributed by atoms with Gasteiger partial charge in [0.15, 0.2) is 0 Å². The lowest BCUT2D eigenvalue weighted by atomic mass is 10.0. The van der Waals surface area contributed by atoms with Crippen molar-refractivity contribution >= 4 is 15.9 Å². The predicted molar refractivity (Wildman–Crippen MR) is 109 cm³/mol. The Labute approximate surface area is 153 Å². The summed E-state index contributed by atoms with van der Waals surface area (Å²) in [5.74, 6) is -1.09. The lowest BCUT2D eigenvalue weighted by Gasteiger charge is -2.04. The summed E-state index contributed by atoms with van der Waals surface area (Å²) in [6.07, 6.45) is 0. The number of hydrogen-bond acceptors (Lipinski definition) is 1. The molecule has 0 amide bonds. The molecule has 0 aliphatic rings. The van der Waals surface area contributed by atoms with E-state index < -0.39 is 5.97 Å². The zero-order chi connectivity index (χ0) is 17.5. The molecule has 0 aliphatic heterocycles. The molecule has 2 nitrogen and oxygen atoms in total. The fourth-order valence-corrected chi connectivity index (χ4v) is 2.76. The zero-order valence-corrected chi connectivity index (χ0v) is 16.4. The molecule has 0 bridgehead atoms. The molecule has 25 heavy (non-hydrogen) atoms. The second-order valence-electron chi connectivity index (χ2n) is 5.79. The third-order valence-corrected chi connectivity index (χ3v) is 3.76. The molecule has 3 aromatic carbocycles. The Hall–Kier alpha value is -2.44. The predicted octanol–water partition coefficient (Wildman–Crippen LogP) is 5.59. The van der Waals surface area contributed by atoms with Gasteiger partial charge in [-0.15, -0.1) is 0 Å². The van der Waals surface area contributed by atoms with Gasteiger partial charge < -0.3 is 0 Å². The van der Waals surface area contributed by atoms with E-state index in [0.29, 0.717) is 5.56 Å². The quantitative estimate of drug-likeness (QED) is 0.554. The number of carbonyl (C=O) groups is 1. The average molecular weight is 351 g/mol. The Bertz CT molecular complexity index is 751. The Morgan fingerprint density at radius 1 is 0.680 bits per heavy atom. The van der Waals surface area contributed by atoms with Gasteiger partial charge in [0.2, 0.25) is 0 Å². The number of hydrogen-bond donors (Lipinski definition) is 0. The summed E-state index contributed by atoms with van der Waals surface area (Å²) in [6.45, 7) is 5.51. The van der Waals surface area contributed by atoms with Crippen LogP contribution in [0.5, 0.6) is 0 Å². The van der Waals surface area contributed by atoms with E-state index in [1.807, 2.05) is 31.2 Å². The maximum Gasteiger partial charge on any atom is 0.386 e. The monoisotopic (exact) mass is 351 g/mol. The average Bonchev–Trinajstić information content (AvgIpc) is 2.56. The molecule has 0 fully saturated rings. The fourth-order valence-electron chi connectivity index (χ4n) is 2.76. The second kappa shape index (κ2) is 9.76. The molecule has 3 aromatic rings. The van der Waals surface area contributed by atoms with Crippen LogP contribution in [0.25, 0.3) is 11.1 Å². The van der Waals surface area contributed by atoms with Gasteiger partial charge in [0, 0.05) is 0 Å². The number of rotatable bonds is 2.